The van der Waals surface area contributed by atoms with E-state index in [0.717, 1.165) is 0 Å². The number of anilines is 1. The molecule has 1 amide bonds. The van der Waals surface area contributed by atoms with Crippen molar-refractivity contribution in [2.45, 2.75) is 32.4 Å². The van der Waals surface area contributed by atoms with Crippen LogP contribution in [0.15, 0.2) is 60.9 Å². The molecular formula is C21H20F3N5O. The van der Waals surface area contributed by atoms with Crippen LogP contribution in [0.25, 0.3) is 11.5 Å². The Bertz CT molecular complexity index is 1050. The van der Waals surface area contributed by atoms with E-state index in [1.54, 1.807) is 18.2 Å². The Hall–Kier alpha value is -3.49. The van der Waals surface area contributed by atoms with Crippen molar-refractivity contribution in [1.82, 2.24) is 19.7 Å². The number of carbonyl (C=O) groups is 1. The van der Waals surface area contributed by atoms with Gasteiger partial charge in [0.15, 0.2) is 0 Å². The third-order valence-corrected chi connectivity index (χ3v) is 4.14. The average Bonchev–Trinajstić information content (AvgIpc) is 3.11. The summed E-state index contributed by atoms with van der Waals surface area (Å²) >= 11 is 0. The summed E-state index contributed by atoms with van der Waals surface area (Å²) in [6.45, 7) is 5.77. The van der Waals surface area contributed by atoms with E-state index >= 15 is 0 Å². The summed E-state index contributed by atoms with van der Waals surface area (Å²) in [5.41, 5.74) is -0.890. The van der Waals surface area contributed by atoms with Crippen LogP contribution in [0, 0.1) is 0 Å². The molecule has 1 N–H and O–H groups in total. The Kier molecular flexibility index (Phi) is 5.73. The Labute approximate surface area is 171 Å². The van der Waals surface area contributed by atoms with Crippen molar-refractivity contribution in [3.8, 4) is 5.95 Å². The normalized spacial score (nSPS) is 12.7. The van der Waals surface area contributed by atoms with Gasteiger partial charge in [-0.05, 0) is 11.6 Å². The van der Waals surface area contributed by atoms with Crippen LogP contribution < -0.4 is 5.32 Å². The Morgan fingerprint density at radius 2 is 1.67 bits per heavy atom. The minimum atomic E-state index is -4.70. The highest BCUT2D eigenvalue weighted by Gasteiger charge is 2.35. The summed E-state index contributed by atoms with van der Waals surface area (Å²) in [5, 5.41) is 6.90. The van der Waals surface area contributed by atoms with Crippen molar-refractivity contribution in [2.75, 3.05) is 5.32 Å². The van der Waals surface area contributed by atoms with Gasteiger partial charge in [-0.25, -0.2) is 9.97 Å². The maximum absolute atomic E-state index is 13.5. The van der Waals surface area contributed by atoms with Crippen LogP contribution in [0.2, 0.25) is 0 Å². The zero-order chi connectivity index (χ0) is 21.9. The number of alkyl halides is 3. The zero-order valence-electron chi connectivity index (χ0n) is 16.6. The van der Waals surface area contributed by atoms with Gasteiger partial charge in [0.05, 0.1) is 11.3 Å². The van der Waals surface area contributed by atoms with Crippen LogP contribution in [0.5, 0.6) is 0 Å². The molecular weight excluding hydrogens is 395 g/mol. The largest absolute Gasteiger partial charge is 0.417 e. The van der Waals surface area contributed by atoms with E-state index in [9.17, 15) is 18.0 Å². The summed E-state index contributed by atoms with van der Waals surface area (Å²) in [6, 6.07) is 10.4. The second-order valence-electron chi connectivity index (χ2n) is 7.54. The van der Waals surface area contributed by atoms with Gasteiger partial charge in [-0.1, -0.05) is 51.1 Å². The number of nitrogens with one attached hydrogen (secondary N) is 1. The first kappa shape index (κ1) is 21.2. The number of hydrogen-bond donors (Lipinski definition) is 1. The average molecular weight is 415 g/mol. The fraction of sp³-hybridized carbons (Fsp3) is 0.238. The van der Waals surface area contributed by atoms with Crippen LogP contribution in [0.1, 0.15) is 32.0 Å². The fourth-order valence-electron chi connectivity index (χ4n) is 2.63. The first-order chi connectivity index (χ1) is 14.1. The maximum Gasteiger partial charge on any atom is 0.417 e. The number of halogens is 3. The molecule has 0 unspecified atom stereocenters. The van der Waals surface area contributed by atoms with Crippen LogP contribution in [-0.2, 0) is 10.2 Å². The van der Waals surface area contributed by atoms with Crippen LogP contribution in [0.4, 0.5) is 19.0 Å². The molecule has 2 heterocycles. The molecule has 3 aromatic rings. The summed E-state index contributed by atoms with van der Waals surface area (Å²) in [5.74, 6) is -0.586. The highest BCUT2D eigenvalue weighted by molar-refractivity contribution is 6.04. The molecule has 0 aliphatic rings. The van der Waals surface area contributed by atoms with E-state index in [-0.39, 0.29) is 22.7 Å². The van der Waals surface area contributed by atoms with Crippen molar-refractivity contribution in [3.05, 3.63) is 72.2 Å². The number of aromatic nitrogens is 4. The molecule has 6 nitrogen and oxygen atoms in total. The van der Waals surface area contributed by atoms with E-state index < -0.39 is 17.7 Å². The lowest BCUT2D eigenvalue weighted by Gasteiger charge is -2.13. The first-order valence-corrected chi connectivity index (χ1v) is 9.09. The number of benzene rings is 1. The molecule has 9 heteroatoms. The van der Waals surface area contributed by atoms with Gasteiger partial charge < -0.3 is 5.32 Å². The predicted molar refractivity (Wildman–Crippen MR) is 107 cm³/mol. The van der Waals surface area contributed by atoms with E-state index in [0.29, 0.717) is 11.8 Å². The van der Waals surface area contributed by atoms with Gasteiger partial charge >= 0.3 is 6.18 Å². The van der Waals surface area contributed by atoms with Gasteiger partial charge in [0.25, 0.3) is 5.95 Å². The van der Waals surface area contributed by atoms with Crippen molar-refractivity contribution >= 4 is 17.3 Å². The van der Waals surface area contributed by atoms with E-state index in [2.05, 4.69) is 20.4 Å². The van der Waals surface area contributed by atoms with E-state index in [1.165, 1.54) is 41.3 Å². The number of rotatable bonds is 4. The van der Waals surface area contributed by atoms with Gasteiger partial charge in [0.2, 0.25) is 5.91 Å². The minimum absolute atomic E-state index is 0.101. The molecule has 156 valence electrons. The Morgan fingerprint density at radius 3 is 2.23 bits per heavy atom. The highest BCUT2D eigenvalue weighted by atomic mass is 19.4. The fourth-order valence-corrected chi connectivity index (χ4v) is 2.63. The Morgan fingerprint density at radius 1 is 1.03 bits per heavy atom. The molecule has 0 atom stereocenters. The van der Waals surface area contributed by atoms with Gasteiger partial charge in [-0.3, -0.25) is 4.79 Å². The molecule has 0 aliphatic heterocycles. The topological polar surface area (TPSA) is 72.7 Å². The maximum atomic E-state index is 13.5. The summed E-state index contributed by atoms with van der Waals surface area (Å²) in [4.78, 5) is 20.7. The second kappa shape index (κ2) is 8.10. The van der Waals surface area contributed by atoms with Crippen molar-refractivity contribution in [1.29, 1.82) is 0 Å². The van der Waals surface area contributed by atoms with Gasteiger partial charge in [0.1, 0.15) is 5.82 Å². The molecule has 0 saturated heterocycles. The molecule has 0 bridgehead atoms. The molecule has 0 spiro atoms. The monoisotopic (exact) mass is 415 g/mol. The van der Waals surface area contributed by atoms with E-state index in [1.807, 2.05) is 20.8 Å². The molecule has 1 aromatic carbocycles. The quantitative estimate of drug-likeness (QED) is 0.635. The second-order valence-corrected chi connectivity index (χ2v) is 7.54. The first-order valence-electron chi connectivity index (χ1n) is 9.09. The predicted octanol–water partition coefficient (Wildman–Crippen LogP) is 4.54. The van der Waals surface area contributed by atoms with Crippen LogP contribution >= 0.6 is 0 Å². The lowest BCUT2D eigenvalue weighted by Crippen LogP contribution is -2.18. The van der Waals surface area contributed by atoms with E-state index in [4.69, 9.17) is 0 Å². The van der Waals surface area contributed by atoms with Crippen molar-refractivity contribution in [2.24, 2.45) is 0 Å². The minimum Gasteiger partial charge on any atom is -0.307 e. The summed E-state index contributed by atoms with van der Waals surface area (Å²) < 4.78 is 41.9. The number of nitrogens with zero attached hydrogens (tertiary/aromatic N) is 4. The molecule has 0 fully saturated rings. The number of hydrogen-bond acceptors (Lipinski definition) is 4. The third-order valence-electron chi connectivity index (χ3n) is 4.14. The third kappa shape index (κ3) is 4.91. The molecule has 30 heavy (non-hydrogen) atoms. The summed E-state index contributed by atoms with van der Waals surface area (Å²) in [7, 11) is 0. The van der Waals surface area contributed by atoms with Gasteiger partial charge in [0, 0.05) is 30.0 Å². The number of carbonyl (C=O) groups excluding carboxylic acids is 1. The Balaban J connectivity index is 1.99. The van der Waals surface area contributed by atoms with Crippen molar-refractivity contribution in [3.63, 3.8) is 0 Å². The zero-order valence-corrected chi connectivity index (χ0v) is 16.6. The van der Waals surface area contributed by atoms with Crippen LogP contribution in [0.3, 0.4) is 0 Å². The summed E-state index contributed by atoms with van der Waals surface area (Å²) in [6.07, 6.45) is -1.15. The lowest BCUT2D eigenvalue weighted by atomic mass is 9.92. The molecule has 3 rings (SSSR count). The number of amides is 1. The molecule has 2 aromatic heterocycles. The van der Waals surface area contributed by atoms with Gasteiger partial charge in [-0.15, -0.1) is 0 Å². The molecule has 0 aliphatic carbocycles. The van der Waals surface area contributed by atoms with Crippen molar-refractivity contribution < 1.29 is 18.0 Å². The highest BCUT2D eigenvalue weighted by Crippen LogP contribution is 2.34. The SMILES string of the molecule is CC(C)(C)c1cc(NC(=O)/C=C(/c2ccccc2)C(F)(F)F)n(-c2ncccn2)n1. The number of allylic oxidation sites excluding steroid dienone is 1. The molecule has 0 saturated carbocycles. The standard InChI is InChI=1S/C21H20F3N5O/c1-20(2,3)16-13-17(29(28-16)19-25-10-7-11-26-19)27-18(30)12-15(21(22,23)24)14-8-5-4-6-9-14/h4-13H,1-3H3,(H,27,30)/b15-12-. The lowest BCUT2D eigenvalue weighted by molar-refractivity contribution is -0.112. The smallest absolute Gasteiger partial charge is 0.307 e. The van der Waals surface area contributed by atoms with Crippen LogP contribution in [-0.4, -0.2) is 31.8 Å². The van der Waals surface area contributed by atoms with Gasteiger partial charge in [-0.2, -0.15) is 23.0 Å². The molecule has 0 radical (unpaired) electrons.